The van der Waals surface area contributed by atoms with Crippen LogP contribution >= 0.6 is 0 Å². The molecule has 2 rings (SSSR count). The zero-order valence-corrected chi connectivity index (χ0v) is 12.8. The van der Waals surface area contributed by atoms with Crippen molar-refractivity contribution in [3.8, 4) is 0 Å². The van der Waals surface area contributed by atoms with Gasteiger partial charge in [-0.05, 0) is 30.1 Å². The summed E-state index contributed by atoms with van der Waals surface area (Å²) >= 11 is 0. The standard InChI is InChI=1S/C15H20O8/c1-5(2)15-4-7(12(18)19)6(11(16)17)3-8(15)9(13(20)21)10(15)14(22)23/h5-10H,3-4H2,1-2H3,(H,16,17)(H,18,19)(H,20,21)(H,22,23). The quantitative estimate of drug-likeness (QED) is 0.580. The van der Waals surface area contributed by atoms with E-state index in [0.717, 1.165) is 0 Å². The van der Waals surface area contributed by atoms with E-state index in [0.29, 0.717) is 0 Å². The van der Waals surface area contributed by atoms with Gasteiger partial charge >= 0.3 is 23.9 Å². The van der Waals surface area contributed by atoms with E-state index in [1.54, 1.807) is 13.8 Å². The van der Waals surface area contributed by atoms with Crippen LogP contribution in [-0.4, -0.2) is 44.3 Å². The first kappa shape index (κ1) is 17.2. The lowest BCUT2D eigenvalue weighted by molar-refractivity contribution is -0.227. The van der Waals surface area contributed by atoms with E-state index in [4.69, 9.17) is 0 Å². The van der Waals surface area contributed by atoms with Crippen molar-refractivity contribution in [2.45, 2.75) is 26.7 Å². The van der Waals surface area contributed by atoms with Crippen LogP contribution in [0.5, 0.6) is 0 Å². The maximum Gasteiger partial charge on any atom is 0.307 e. The van der Waals surface area contributed by atoms with E-state index in [9.17, 15) is 39.6 Å². The Morgan fingerprint density at radius 2 is 1.39 bits per heavy atom. The topological polar surface area (TPSA) is 149 Å². The van der Waals surface area contributed by atoms with Crippen molar-refractivity contribution in [1.29, 1.82) is 0 Å². The first-order valence-corrected chi connectivity index (χ1v) is 7.46. The summed E-state index contributed by atoms with van der Waals surface area (Å²) in [6.07, 6.45) is -0.242. The minimum atomic E-state index is -1.28. The van der Waals surface area contributed by atoms with E-state index in [-0.39, 0.29) is 18.8 Å². The van der Waals surface area contributed by atoms with Gasteiger partial charge in [-0.2, -0.15) is 0 Å². The number of carboxylic acids is 4. The smallest absolute Gasteiger partial charge is 0.307 e. The predicted molar refractivity (Wildman–Crippen MR) is 74.5 cm³/mol. The summed E-state index contributed by atoms with van der Waals surface area (Å²) in [6.45, 7) is 3.47. The molecule has 0 aromatic carbocycles. The molecule has 2 saturated carbocycles. The third-order valence-electron chi connectivity index (χ3n) is 5.89. The molecule has 6 atom stereocenters. The summed E-state index contributed by atoms with van der Waals surface area (Å²) < 4.78 is 0. The minimum absolute atomic E-state index is 0.120. The van der Waals surface area contributed by atoms with Crippen molar-refractivity contribution in [3.63, 3.8) is 0 Å². The Morgan fingerprint density at radius 3 is 1.74 bits per heavy atom. The number of carbonyl (C=O) groups is 4. The molecule has 2 aliphatic rings. The number of aliphatic carboxylic acids is 4. The third-order valence-corrected chi connectivity index (χ3v) is 5.89. The van der Waals surface area contributed by atoms with Gasteiger partial charge in [-0.15, -0.1) is 0 Å². The van der Waals surface area contributed by atoms with Gasteiger partial charge in [0.15, 0.2) is 0 Å². The van der Waals surface area contributed by atoms with Gasteiger partial charge in [-0.1, -0.05) is 13.8 Å². The summed E-state index contributed by atoms with van der Waals surface area (Å²) in [5.41, 5.74) is -0.996. The monoisotopic (exact) mass is 328 g/mol. The van der Waals surface area contributed by atoms with Gasteiger partial charge in [-0.25, -0.2) is 0 Å². The minimum Gasteiger partial charge on any atom is -0.481 e. The van der Waals surface area contributed by atoms with Gasteiger partial charge in [0.05, 0.1) is 23.7 Å². The lowest BCUT2D eigenvalue weighted by Crippen LogP contribution is -2.68. The molecular weight excluding hydrogens is 308 g/mol. The van der Waals surface area contributed by atoms with Crippen LogP contribution in [0.25, 0.3) is 0 Å². The van der Waals surface area contributed by atoms with E-state index in [1.165, 1.54) is 0 Å². The molecule has 8 heteroatoms. The van der Waals surface area contributed by atoms with E-state index in [2.05, 4.69) is 0 Å². The van der Waals surface area contributed by atoms with Crippen molar-refractivity contribution >= 4 is 23.9 Å². The molecule has 6 unspecified atom stereocenters. The first-order valence-electron chi connectivity index (χ1n) is 7.46. The average molecular weight is 328 g/mol. The van der Waals surface area contributed by atoms with Crippen molar-refractivity contribution in [3.05, 3.63) is 0 Å². The van der Waals surface area contributed by atoms with Gasteiger partial charge in [0.1, 0.15) is 0 Å². The highest BCUT2D eigenvalue weighted by atomic mass is 16.4. The Kier molecular flexibility index (Phi) is 4.13. The molecule has 0 amide bonds. The van der Waals surface area contributed by atoms with Crippen molar-refractivity contribution in [2.24, 2.45) is 40.9 Å². The number of carboxylic acid groups (broad SMARTS) is 4. The van der Waals surface area contributed by atoms with Crippen LogP contribution < -0.4 is 0 Å². The van der Waals surface area contributed by atoms with Crippen molar-refractivity contribution in [2.75, 3.05) is 0 Å². The summed E-state index contributed by atoms with van der Waals surface area (Å²) in [4.78, 5) is 46.0. The van der Waals surface area contributed by atoms with E-state index in [1.807, 2.05) is 0 Å². The Bertz CT molecular complexity index is 556. The lowest BCUT2D eigenvalue weighted by atomic mass is 9.37. The summed E-state index contributed by atoms with van der Waals surface area (Å²) in [6, 6.07) is 0. The molecule has 0 spiro atoms. The second-order valence-corrected chi connectivity index (χ2v) is 6.88. The predicted octanol–water partition coefficient (Wildman–Crippen LogP) is 0.856. The Labute approximate surface area is 132 Å². The third kappa shape index (κ3) is 2.27. The van der Waals surface area contributed by atoms with Gasteiger partial charge in [0.25, 0.3) is 0 Å². The fraction of sp³-hybridized carbons (Fsp3) is 0.733. The van der Waals surface area contributed by atoms with Crippen molar-refractivity contribution in [1.82, 2.24) is 0 Å². The van der Waals surface area contributed by atoms with Crippen LogP contribution in [0, 0.1) is 40.9 Å². The largest absolute Gasteiger partial charge is 0.481 e. The lowest BCUT2D eigenvalue weighted by Gasteiger charge is -2.64. The summed E-state index contributed by atoms with van der Waals surface area (Å²) in [7, 11) is 0. The normalized spacial score (nSPS) is 39.2. The molecule has 0 aromatic rings. The van der Waals surface area contributed by atoms with Gasteiger partial charge in [0.2, 0.25) is 0 Å². The van der Waals surface area contributed by atoms with Gasteiger partial charge < -0.3 is 20.4 Å². The Balaban J connectivity index is 2.51. The first-order chi connectivity index (χ1) is 10.6. The molecule has 0 radical (unpaired) electrons. The molecule has 0 saturated heterocycles. The summed E-state index contributed by atoms with van der Waals surface area (Å²) in [5.74, 6) is -10.8. The van der Waals surface area contributed by atoms with Crippen LogP contribution in [0.15, 0.2) is 0 Å². The van der Waals surface area contributed by atoms with Gasteiger partial charge in [-0.3, -0.25) is 19.2 Å². The SMILES string of the molecule is CC(C)C12CC(C(=O)O)C(C(=O)O)CC1C(C(=O)O)C2C(=O)O. The van der Waals surface area contributed by atoms with E-state index >= 15 is 0 Å². The van der Waals surface area contributed by atoms with Crippen LogP contribution in [0.3, 0.4) is 0 Å². The summed E-state index contributed by atoms with van der Waals surface area (Å²) in [5, 5.41) is 37.5. The van der Waals surface area contributed by atoms with E-state index < -0.39 is 58.9 Å². The van der Waals surface area contributed by atoms with Gasteiger partial charge in [0, 0.05) is 0 Å². The molecule has 23 heavy (non-hydrogen) atoms. The molecular formula is C15H20O8. The second kappa shape index (κ2) is 5.50. The number of fused-ring (bicyclic) bond motifs is 1. The highest BCUT2D eigenvalue weighted by Crippen LogP contribution is 2.68. The average Bonchev–Trinajstić information content (AvgIpc) is 2.37. The van der Waals surface area contributed by atoms with Crippen LogP contribution in [0.2, 0.25) is 0 Å². The maximum absolute atomic E-state index is 11.6. The molecule has 128 valence electrons. The molecule has 0 aromatic heterocycles. The second-order valence-electron chi connectivity index (χ2n) is 6.88. The van der Waals surface area contributed by atoms with Crippen LogP contribution in [-0.2, 0) is 19.2 Å². The highest BCUT2D eigenvalue weighted by Gasteiger charge is 2.72. The zero-order valence-electron chi connectivity index (χ0n) is 12.8. The highest BCUT2D eigenvalue weighted by molar-refractivity contribution is 5.86. The van der Waals surface area contributed by atoms with Crippen LogP contribution in [0.1, 0.15) is 26.7 Å². The number of rotatable bonds is 5. The molecule has 4 N–H and O–H groups in total. The molecule has 8 nitrogen and oxygen atoms in total. The fourth-order valence-corrected chi connectivity index (χ4v) is 4.87. The molecule has 0 heterocycles. The Morgan fingerprint density at radius 1 is 0.870 bits per heavy atom. The fourth-order valence-electron chi connectivity index (χ4n) is 4.87. The number of hydrogen-bond donors (Lipinski definition) is 4. The van der Waals surface area contributed by atoms with Crippen LogP contribution in [0.4, 0.5) is 0 Å². The molecule has 2 fully saturated rings. The zero-order chi connectivity index (χ0) is 17.7. The molecule has 2 aliphatic carbocycles. The van der Waals surface area contributed by atoms with Crippen molar-refractivity contribution < 1.29 is 39.6 Å². The Hall–Kier alpha value is -2.12. The number of hydrogen-bond acceptors (Lipinski definition) is 4. The molecule has 0 bridgehead atoms. The molecule has 0 aliphatic heterocycles. The maximum atomic E-state index is 11.6.